The van der Waals surface area contributed by atoms with Crippen molar-refractivity contribution < 1.29 is 24.2 Å². The van der Waals surface area contributed by atoms with Crippen LogP contribution in [0.5, 0.6) is 5.75 Å². The van der Waals surface area contributed by atoms with Crippen molar-refractivity contribution >= 4 is 17.6 Å². The molecule has 0 saturated carbocycles. The van der Waals surface area contributed by atoms with E-state index in [0.717, 1.165) is 6.42 Å². The number of aliphatic carboxylic acids is 1. The zero-order valence-corrected chi connectivity index (χ0v) is 11.7. The molecule has 1 aromatic rings. The van der Waals surface area contributed by atoms with Gasteiger partial charge < -0.3 is 19.5 Å². The molecule has 6 heteroatoms. The third-order valence-electron chi connectivity index (χ3n) is 2.53. The molecule has 1 aromatic carbocycles. The first-order valence-corrected chi connectivity index (χ1v) is 6.33. The number of likely N-dealkylation sites (N-methyl/N-ethyl adjacent to an activating group) is 1. The van der Waals surface area contributed by atoms with Gasteiger partial charge >= 0.3 is 5.97 Å². The molecule has 0 atom stereocenters. The summed E-state index contributed by atoms with van der Waals surface area (Å²) in [4.78, 5) is 23.7. The van der Waals surface area contributed by atoms with Crippen molar-refractivity contribution in [2.24, 2.45) is 0 Å². The fourth-order valence-corrected chi connectivity index (χ4v) is 1.46. The fraction of sp³-hybridized carbons (Fsp3) is 0.429. The van der Waals surface area contributed by atoms with E-state index in [2.05, 4.69) is 0 Å². The molecule has 0 aliphatic carbocycles. The van der Waals surface area contributed by atoms with Crippen molar-refractivity contribution in [1.29, 1.82) is 0 Å². The van der Waals surface area contributed by atoms with Gasteiger partial charge in [0.2, 0.25) is 0 Å². The minimum atomic E-state index is -1.03. The Morgan fingerprint density at radius 3 is 2.40 bits per heavy atom. The summed E-state index contributed by atoms with van der Waals surface area (Å²) in [5.74, 6) is -0.730. The Morgan fingerprint density at radius 2 is 1.85 bits per heavy atom. The average Bonchev–Trinajstić information content (AvgIpc) is 2.45. The number of nitrogens with zero attached hydrogens (tertiary/aromatic N) is 1. The normalized spacial score (nSPS) is 10.1. The highest BCUT2D eigenvalue weighted by Gasteiger charge is 2.11. The van der Waals surface area contributed by atoms with Crippen LogP contribution in [0.1, 0.15) is 13.3 Å². The molecular weight excluding hydrogens is 262 g/mol. The number of hydrogen-bond acceptors (Lipinski definition) is 4. The highest BCUT2D eigenvalue weighted by molar-refractivity contribution is 5.93. The number of hydrogen-bond donors (Lipinski definition) is 1. The highest BCUT2D eigenvalue weighted by Crippen LogP contribution is 2.18. The maximum Gasteiger partial charge on any atom is 0.341 e. The number of ether oxygens (including phenoxy) is 2. The van der Waals surface area contributed by atoms with E-state index in [1.165, 1.54) is 4.90 Å². The van der Waals surface area contributed by atoms with E-state index in [4.69, 9.17) is 14.6 Å². The summed E-state index contributed by atoms with van der Waals surface area (Å²) in [7, 11) is 1.66. The third kappa shape index (κ3) is 5.27. The summed E-state index contributed by atoms with van der Waals surface area (Å²) in [6, 6.07) is 6.62. The van der Waals surface area contributed by atoms with Gasteiger partial charge in [0.1, 0.15) is 12.4 Å². The monoisotopic (exact) mass is 281 g/mol. The van der Waals surface area contributed by atoms with E-state index in [1.807, 2.05) is 6.92 Å². The molecule has 0 aliphatic rings. The zero-order valence-electron chi connectivity index (χ0n) is 11.7. The Kier molecular flexibility index (Phi) is 6.52. The van der Waals surface area contributed by atoms with Crippen molar-refractivity contribution in [1.82, 2.24) is 0 Å². The van der Waals surface area contributed by atoms with Crippen LogP contribution in [0.25, 0.3) is 0 Å². The second kappa shape index (κ2) is 8.16. The van der Waals surface area contributed by atoms with Crippen molar-refractivity contribution in [3.05, 3.63) is 24.3 Å². The lowest BCUT2D eigenvalue weighted by Gasteiger charge is -2.17. The van der Waals surface area contributed by atoms with E-state index < -0.39 is 5.97 Å². The van der Waals surface area contributed by atoms with Crippen LogP contribution in [0.15, 0.2) is 24.3 Å². The Bertz CT molecular complexity index is 443. The predicted molar refractivity (Wildman–Crippen MR) is 74.1 cm³/mol. The molecule has 0 radical (unpaired) electrons. The van der Waals surface area contributed by atoms with Gasteiger partial charge in [-0.2, -0.15) is 0 Å². The average molecular weight is 281 g/mol. The number of carboxylic acid groups (broad SMARTS) is 1. The second-order valence-electron chi connectivity index (χ2n) is 4.18. The number of carboxylic acids is 1. The molecule has 1 amide bonds. The van der Waals surface area contributed by atoms with Crippen molar-refractivity contribution in [2.45, 2.75) is 13.3 Å². The number of anilines is 1. The first kappa shape index (κ1) is 16.0. The van der Waals surface area contributed by atoms with Gasteiger partial charge in [-0.3, -0.25) is 4.79 Å². The Labute approximate surface area is 117 Å². The summed E-state index contributed by atoms with van der Waals surface area (Å²) in [5.41, 5.74) is 0.692. The Balaban J connectivity index is 2.54. The molecule has 0 aromatic heterocycles. The van der Waals surface area contributed by atoms with Crippen molar-refractivity contribution in [3.63, 3.8) is 0 Å². The third-order valence-corrected chi connectivity index (χ3v) is 2.53. The van der Waals surface area contributed by atoms with Crippen LogP contribution in [-0.4, -0.2) is 43.9 Å². The molecule has 110 valence electrons. The number of amides is 1. The SMILES string of the molecule is CCCOCC(=O)N(C)c1ccc(OCC(=O)O)cc1. The van der Waals surface area contributed by atoms with Crippen molar-refractivity contribution in [3.8, 4) is 5.75 Å². The summed E-state index contributed by atoms with van der Waals surface area (Å²) in [6.07, 6.45) is 0.868. The molecule has 0 unspecified atom stereocenters. The maximum absolute atomic E-state index is 11.8. The van der Waals surface area contributed by atoms with Crippen LogP contribution < -0.4 is 9.64 Å². The molecule has 0 bridgehead atoms. The standard InChI is InChI=1S/C14H19NO5/c1-3-8-19-9-13(16)15(2)11-4-6-12(7-5-11)20-10-14(17)18/h4-7H,3,8-10H2,1-2H3,(H,17,18). The van der Waals surface area contributed by atoms with Gasteiger partial charge in [-0.15, -0.1) is 0 Å². The van der Waals surface area contributed by atoms with Crippen LogP contribution >= 0.6 is 0 Å². The molecule has 0 saturated heterocycles. The Morgan fingerprint density at radius 1 is 1.20 bits per heavy atom. The molecule has 6 nitrogen and oxygen atoms in total. The van der Waals surface area contributed by atoms with Crippen LogP contribution in [0.2, 0.25) is 0 Å². The van der Waals surface area contributed by atoms with Crippen LogP contribution in [-0.2, 0) is 14.3 Å². The van der Waals surface area contributed by atoms with Crippen LogP contribution in [0.4, 0.5) is 5.69 Å². The van der Waals surface area contributed by atoms with Gasteiger partial charge in [-0.05, 0) is 30.7 Å². The summed E-state index contributed by atoms with van der Waals surface area (Å²) < 4.78 is 10.2. The molecule has 0 fully saturated rings. The van der Waals surface area contributed by atoms with Gasteiger partial charge in [-0.25, -0.2) is 4.79 Å². The first-order valence-electron chi connectivity index (χ1n) is 6.33. The summed E-state index contributed by atoms with van der Waals surface area (Å²) >= 11 is 0. The molecule has 0 aliphatic heterocycles. The lowest BCUT2D eigenvalue weighted by molar-refractivity contribution is -0.139. The van der Waals surface area contributed by atoms with Gasteiger partial charge in [0.15, 0.2) is 6.61 Å². The summed E-state index contributed by atoms with van der Waals surface area (Å²) in [5, 5.41) is 8.50. The van der Waals surface area contributed by atoms with Gasteiger partial charge in [0, 0.05) is 19.3 Å². The van der Waals surface area contributed by atoms with E-state index in [1.54, 1.807) is 31.3 Å². The molecule has 20 heavy (non-hydrogen) atoms. The Hall–Kier alpha value is -2.08. The van der Waals surface area contributed by atoms with Gasteiger partial charge in [0.25, 0.3) is 5.91 Å². The zero-order chi connectivity index (χ0) is 15.0. The topological polar surface area (TPSA) is 76.1 Å². The fourth-order valence-electron chi connectivity index (χ4n) is 1.46. The second-order valence-corrected chi connectivity index (χ2v) is 4.18. The smallest absolute Gasteiger partial charge is 0.341 e. The molecule has 1 rings (SSSR count). The molecular formula is C14H19NO5. The van der Waals surface area contributed by atoms with Crippen LogP contribution in [0, 0.1) is 0 Å². The van der Waals surface area contributed by atoms with Gasteiger partial charge in [-0.1, -0.05) is 6.92 Å². The number of rotatable bonds is 8. The highest BCUT2D eigenvalue weighted by atomic mass is 16.5. The van der Waals surface area contributed by atoms with Crippen LogP contribution in [0.3, 0.4) is 0 Å². The summed E-state index contributed by atoms with van der Waals surface area (Å²) in [6.45, 7) is 2.19. The lowest BCUT2D eigenvalue weighted by Crippen LogP contribution is -2.30. The molecule has 0 spiro atoms. The largest absolute Gasteiger partial charge is 0.482 e. The van der Waals surface area contributed by atoms with Crippen molar-refractivity contribution in [2.75, 3.05) is 31.8 Å². The van der Waals surface area contributed by atoms with E-state index >= 15 is 0 Å². The number of carbonyl (C=O) groups excluding carboxylic acids is 1. The first-order chi connectivity index (χ1) is 9.54. The molecule has 1 N–H and O–H groups in total. The van der Waals surface area contributed by atoms with E-state index in [9.17, 15) is 9.59 Å². The lowest BCUT2D eigenvalue weighted by atomic mass is 10.3. The van der Waals surface area contributed by atoms with E-state index in [-0.39, 0.29) is 19.1 Å². The predicted octanol–water partition coefficient (Wildman–Crippen LogP) is 1.54. The maximum atomic E-state index is 11.8. The number of benzene rings is 1. The minimum Gasteiger partial charge on any atom is -0.482 e. The number of carbonyl (C=O) groups is 2. The minimum absolute atomic E-state index is 0.0433. The quantitative estimate of drug-likeness (QED) is 0.731. The van der Waals surface area contributed by atoms with Gasteiger partial charge in [0.05, 0.1) is 0 Å². The van der Waals surface area contributed by atoms with E-state index in [0.29, 0.717) is 18.0 Å². The molecule has 0 heterocycles.